The maximum atomic E-state index is 5.51. The fraction of sp³-hybridized carbons (Fsp3) is 0.625. The largest absolute Gasteiger partial charge is 0.500 e. The number of aromatic nitrogens is 1. The Labute approximate surface area is 137 Å². The van der Waals surface area contributed by atoms with Crippen molar-refractivity contribution in [2.24, 2.45) is 0 Å². The Morgan fingerprint density at radius 3 is 2.73 bits per heavy atom. The van der Waals surface area contributed by atoms with Crippen LogP contribution in [-0.4, -0.2) is 49.5 Å². The van der Waals surface area contributed by atoms with Gasteiger partial charge in [-0.3, -0.25) is 0 Å². The Hall–Kier alpha value is -1.11. The van der Waals surface area contributed by atoms with E-state index in [9.17, 15) is 0 Å². The zero-order valence-corrected chi connectivity index (χ0v) is 14.3. The van der Waals surface area contributed by atoms with Crippen molar-refractivity contribution < 1.29 is 14.2 Å². The van der Waals surface area contributed by atoms with Crippen LogP contribution >= 0.6 is 11.8 Å². The van der Waals surface area contributed by atoms with Gasteiger partial charge in [0.2, 0.25) is 0 Å². The second-order valence-corrected chi connectivity index (χ2v) is 5.91. The monoisotopic (exact) mass is 326 g/mol. The molecule has 22 heavy (non-hydrogen) atoms. The molecule has 1 fully saturated rings. The lowest BCUT2D eigenvalue weighted by molar-refractivity contribution is -0.0215. The Balaban J connectivity index is 2.06. The average molecular weight is 326 g/mol. The molecule has 0 spiro atoms. The van der Waals surface area contributed by atoms with Crippen LogP contribution in [0.15, 0.2) is 30.0 Å². The molecule has 2 heterocycles. The molecule has 1 aromatic heterocycles. The van der Waals surface area contributed by atoms with Gasteiger partial charge in [-0.25, -0.2) is 0 Å². The highest BCUT2D eigenvalue weighted by atomic mass is 32.2. The third-order valence-corrected chi connectivity index (χ3v) is 4.70. The normalized spacial score (nSPS) is 15.2. The van der Waals surface area contributed by atoms with E-state index in [4.69, 9.17) is 14.2 Å². The second kappa shape index (κ2) is 9.12. The van der Waals surface area contributed by atoms with Crippen molar-refractivity contribution in [1.82, 2.24) is 4.57 Å². The summed E-state index contributed by atoms with van der Waals surface area (Å²) in [5.74, 6) is 2.04. The van der Waals surface area contributed by atoms with E-state index < -0.39 is 0 Å². The van der Waals surface area contributed by atoms with E-state index >= 15 is 0 Å². The summed E-state index contributed by atoms with van der Waals surface area (Å²) in [6.45, 7) is 12.7. The molecular formula is C16H26N2O3S. The summed E-state index contributed by atoms with van der Waals surface area (Å²) in [4.78, 5) is 2.35. The van der Waals surface area contributed by atoms with E-state index in [0.717, 1.165) is 25.4 Å². The standard InChI is InChI=1S/C16H26N2O3S/c1-4-17(5-2)14-7-8-15(18(14)9-10-19-6-3)22-13-16-20-11-12-21-16/h6-8,16H,3-5,9-13H2,1-2H3. The number of thioether (sulfide) groups is 1. The van der Waals surface area contributed by atoms with Crippen LogP contribution in [0.25, 0.3) is 0 Å². The lowest BCUT2D eigenvalue weighted by Crippen LogP contribution is -2.25. The number of hydrogen-bond acceptors (Lipinski definition) is 5. The van der Waals surface area contributed by atoms with Gasteiger partial charge in [0.25, 0.3) is 0 Å². The van der Waals surface area contributed by atoms with E-state index in [1.807, 2.05) is 0 Å². The summed E-state index contributed by atoms with van der Waals surface area (Å²) in [7, 11) is 0. The maximum absolute atomic E-state index is 5.51. The number of rotatable bonds is 10. The predicted molar refractivity (Wildman–Crippen MR) is 90.6 cm³/mol. The molecule has 0 saturated carbocycles. The molecule has 1 aliphatic heterocycles. The number of anilines is 1. The van der Waals surface area contributed by atoms with Crippen LogP contribution in [0.2, 0.25) is 0 Å². The molecular weight excluding hydrogens is 300 g/mol. The van der Waals surface area contributed by atoms with Gasteiger partial charge < -0.3 is 23.7 Å². The first kappa shape index (κ1) is 17.2. The molecule has 2 rings (SSSR count). The third-order valence-electron chi connectivity index (χ3n) is 3.61. The van der Waals surface area contributed by atoms with Crippen LogP contribution in [0.1, 0.15) is 13.8 Å². The highest BCUT2D eigenvalue weighted by molar-refractivity contribution is 7.99. The predicted octanol–water partition coefficient (Wildman–Crippen LogP) is 2.96. The molecule has 1 saturated heterocycles. The highest BCUT2D eigenvalue weighted by Crippen LogP contribution is 2.28. The van der Waals surface area contributed by atoms with E-state index in [-0.39, 0.29) is 6.29 Å². The topological polar surface area (TPSA) is 35.9 Å². The second-order valence-electron chi connectivity index (χ2n) is 4.87. The molecule has 0 unspecified atom stereocenters. The first-order valence-electron chi connectivity index (χ1n) is 7.83. The molecule has 6 heteroatoms. The van der Waals surface area contributed by atoms with Gasteiger partial charge in [0, 0.05) is 13.1 Å². The summed E-state index contributed by atoms with van der Waals surface area (Å²) in [5, 5.41) is 1.22. The van der Waals surface area contributed by atoms with Crippen LogP contribution in [0.4, 0.5) is 5.82 Å². The lowest BCUT2D eigenvalue weighted by atomic mass is 10.4. The first-order valence-corrected chi connectivity index (χ1v) is 8.81. The molecule has 0 N–H and O–H groups in total. The van der Waals surface area contributed by atoms with Crippen LogP contribution in [0.5, 0.6) is 0 Å². The van der Waals surface area contributed by atoms with Crippen LogP contribution < -0.4 is 4.90 Å². The SMILES string of the molecule is C=COCCn1c(SCC2OCCO2)ccc1N(CC)CC. The fourth-order valence-electron chi connectivity index (χ4n) is 2.50. The summed E-state index contributed by atoms with van der Waals surface area (Å²) >= 11 is 1.77. The summed E-state index contributed by atoms with van der Waals surface area (Å²) in [5.41, 5.74) is 0. The van der Waals surface area contributed by atoms with Gasteiger partial charge in [-0.2, -0.15) is 0 Å². The Morgan fingerprint density at radius 1 is 1.36 bits per heavy atom. The van der Waals surface area contributed by atoms with Gasteiger partial charge in [0.15, 0.2) is 6.29 Å². The first-order chi connectivity index (χ1) is 10.8. The minimum atomic E-state index is -0.0883. The van der Waals surface area contributed by atoms with Crippen molar-refractivity contribution in [3.63, 3.8) is 0 Å². The molecule has 0 aromatic carbocycles. The van der Waals surface area contributed by atoms with E-state index in [1.165, 1.54) is 17.1 Å². The lowest BCUT2D eigenvalue weighted by Gasteiger charge is -2.24. The molecule has 1 aliphatic rings. The zero-order chi connectivity index (χ0) is 15.8. The van der Waals surface area contributed by atoms with Gasteiger partial charge in [-0.1, -0.05) is 6.58 Å². The zero-order valence-electron chi connectivity index (χ0n) is 13.5. The smallest absolute Gasteiger partial charge is 0.167 e. The molecule has 0 amide bonds. The molecule has 0 atom stereocenters. The molecule has 124 valence electrons. The van der Waals surface area contributed by atoms with Crippen molar-refractivity contribution >= 4 is 17.6 Å². The van der Waals surface area contributed by atoms with Crippen LogP contribution in [0, 0.1) is 0 Å². The summed E-state index contributed by atoms with van der Waals surface area (Å²) in [6, 6.07) is 4.35. The average Bonchev–Trinajstić information content (AvgIpc) is 3.17. The van der Waals surface area contributed by atoms with Crippen molar-refractivity contribution in [3.8, 4) is 0 Å². The van der Waals surface area contributed by atoms with Crippen LogP contribution in [0.3, 0.4) is 0 Å². The van der Waals surface area contributed by atoms with Gasteiger partial charge in [0.1, 0.15) is 12.4 Å². The van der Waals surface area contributed by atoms with E-state index in [2.05, 4.69) is 42.0 Å². The van der Waals surface area contributed by atoms with Crippen molar-refractivity contribution in [1.29, 1.82) is 0 Å². The van der Waals surface area contributed by atoms with Crippen molar-refractivity contribution in [2.75, 3.05) is 43.6 Å². The molecule has 1 aromatic rings. The van der Waals surface area contributed by atoms with Crippen LogP contribution in [-0.2, 0) is 20.8 Å². The Kier molecular flexibility index (Phi) is 7.15. The number of nitrogens with zero attached hydrogens (tertiary/aromatic N) is 2. The Morgan fingerprint density at radius 2 is 2.09 bits per heavy atom. The van der Waals surface area contributed by atoms with Gasteiger partial charge in [0.05, 0.1) is 36.8 Å². The fourth-order valence-corrected chi connectivity index (χ4v) is 3.50. The summed E-state index contributed by atoms with van der Waals surface area (Å²) in [6.07, 6.45) is 1.41. The van der Waals surface area contributed by atoms with E-state index in [1.54, 1.807) is 11.8 Å². The maximum Gasteiger partial charge on any atom is 0.167 e. The minimum Gasteiger partial charge on any atom is -0.500 e. The van der Waals surface area contributed by atoms with Crippen molar-refractivity contribution in [3.05, 3.63) is 25.0 Å². The quantitative estimate of drug-likeness (QED) is 0.375. The number of hydrogen-bond donors (Lipinski definition) is 0. The van der Waals surface area contributed by atoms with Gasteiger partial charge in [-0.15, -0.1) is 11.8 Å². The molecule has 5 nitrogen and oxygen atoms in total. The molecule has 0 radical (unpaired) electrons. The van der Waals surface area contributed by atoms with Crippen molar-refractivity contribution in [2.45, 2.75) is 31.7 Å². The van der Waals surface area contributed by atoms with Gasteiger partial charge >= 0.3 is 0 Å². The molecule has 0 bridgehead atoms. The Bertz CT molecular complexity index is 454. The van der Waals surface area contributed by atoms with Gasteiger partial charge in [-0.05, 0) is 26.0 Å². The number of ether oxygens (including phenoxy) is 3. The summed E-state index contributed by atoms with van der Waals surface area (Å²) < 4.78 is 18.6. The molecule has 0 aliphatic carbocycles. The van der Waals surface area contributed by atoms with E-state index in [0.29, 0.717) is 19.8 Å². The third kappa shape index (κ3) is 4.44. The minimum absolute atomic E-state index is 0.0883. The highest BCUT2D eigenvalue weighted by Gasteiger charge is 2.18.